The van der Waals surface area contributed by atoms with Gasteiger partial charge in [0.15, 0.2) is 5.75 Å². The Hall–Kier alpha value is -2.25. The molecule has 0 unspecified atom stereocenters. The highest BCUT2D eigenvalue weighted by Gasteiger charge is 2.38. The van der Waals surface area contributed by atoms with Gasteiger partial charge in [-0.15, -0.1) is 0 Å². The first-order valence-electron chi connectivity index (χ1n) is 8.85. The van der Waals surface area contributed by atoms with Crippen LogP contribution in [-0.2, 0) is 4.74 Å². The van der Waals surface area contributed by atoms with Crippen LogP contribution in [0.1, 0.15) is 25.7 Å². The molecule has 2 N–H and O–H groups in total. The zero-order valence-corrected chi connectivity index (χ0v) is 14.9. The number of rotatable bonds is 3. The number of methoxy groups -OCH3 is 1. The van der Waals surface area contributed by atoms with Crippen LogP contribution in [0.3, 0.4) is 0 Å². The van der Waals surface area contributed by atoms with E-state index < -0.39 is 6.61 Å². The van der Waals surface area contributed by atoms with Gasteiger partial charge in [-0.2, -0.15) is 8.78 Å². The Morgan fingerprint density at radius 3 is 2.35 bits per heavy atom. The van der Waals surface area contributed by atoms with Crippen LogP contribution in [0.5, 0.6) is 5.75 Å². The van der Waals surface area contributed by atoms with Gasteiger partial charge in [0.2, 0.25) is 0 Å². The fourth-order valence-electron chi connectivity index (χ4n) is 3.95. The molecule has 0 radical (unpaired) electrons. The first-order chi connectivity index (χ1) is 12.4. The molecule has 144 valence electrons. The van der Waals surface area contributed by atoms with Crippen molar-refractivity contribution >= 4 is 17.5 Å². The zero-order valence-electron chi connectivity index (χ0n) is 14.9. The third-order valence-corrected chi connectivity index (χ3v) is 5.66. The molecule has 1 aromatic carbocycles. The maximum atomic E-state index is 12.5. The molecule has 2 saturated heterocycles. The van der Waals surface area contributed by atoms with Crippen molar-refractivity contribution in [2.24, 2.45) is 5.41 Å². The SMILES string of the molecule is COC(=O)N1CCC2(CC1)CCN(c1ccc(N)c(OC(F)F)c1)CC2. The first-order valence-corrected chi connectivity index (χ1v) is 8.85. The van der Waals surface area contributed by atoms with Crippen molar-refractivity contribution in [3.63, 3.8) is 0 Å². The van der Waals surface area contributed by atoms with Crippen LogP contribution < -0.4 is 15.4 Å². The fourth-order valence-corrected chi connectivity index (χ4v) is 3.95. The lowest BCUT2D eigenvalue weighted by atomic mass is 9.71. The summed E-state index contributed by atoms with van der Waals surface area (Å²) in [5.41, 5.74) is 7.01. The Balaban J connectivity index is 1.60. The van der Waals surface area contributed by atoms with E-state index in [2.05, 4.69) is 9.64 Å². The van der Waals surface area contributed by atoms with Gasteiger partial charge in [0, 0.05) is 37.9 Å². The van der Waals surface area contributed by atoms with E-state index in [-0.39, 0.29) is 22.9 Å². The average molecular weight is 369 g/mol. The van der Waals surface area contributed by atoms with E-state index in [1.807, 2.05) is 6.07 Å². The minimum Gasteiger partial charge on any atom is -0.453 e. The number of nitrogens with zero attached hydrogens (tertiary/aromatic N) is 2. The summed E-state index contributed by atoms with van der Waals surface area (Å²) in [4.78, 5) is 15.6. The van der Waals surface area contributed by atoms with E-state index in [0.717, 1.165) is 57.5 Å². The van der Waals surface area contributed by atoms with Gasteiger partial charge in [-0.05, 0) is 43.2 Å². The summed E-state index contributed by atoms with van der Waals surface area (Å²) in [7, 11) is 1.41. The number of hydrogen-bond donors (Lipinski definition) is 1. The first kappa shape index (κ1) is 18.5. The summed E-state index contributed by atoms with van der Waals surface area (Å²) in [5, 5.41) is 0. The van der Waals surface area contributed by atoms with Gasteiger partial charge in [0.25, 0.3) is 0 Å². The minimum absolute atomic E-state index is 0.0178. The number of nitrogens with two attached hydrogens (primary N) is 1. The number of carbonyl (C=O) groups is 1. The molecule has 2 aliphatic heterocycles. The maximum absolute atomic E-state index is 12.5. The summed E-state index contributed by atoms with van der Waals surface area (Å²) in [6.45, 7) is 0.242. The highest BCUT2D eigenvalue weighted by atomic mass is 19.3. The third kappa shape index (κ3) is 3.94. The van der Waals surface area contributed by atoms with Gasteiger partial charge < -0.3 is 25.0 Å². The second kappa shape index (κ2) is 7.55. The molecule has 3 rings (SSSR count). The molecule has 6 nitrogen and oxygen atoms in total. The molecule has 0 bridgehead atoms. The summed E-state index contributed by atoms with van der Waals surface area (Å²) < 4.78 is 34.3. The van der Waals surface area contributed by atoms with Gasteiger partial charge in [0.05, 0.1) is 12.8 Å². The summed E-state index contributed by atoms with van der Waals surface area (Å²) >= 11 is 0. The molecule has 8 heteroatoms. The third-order valence-electron chi connectivity index (χ3n) is 5.66. The summed E-state index contributed by atoms with van der Waals surface area (Å²) in [6.07, 6.45) is 3.70. The van der Waals surface area contributed by atoms with Crippen LogP contribution in [0.4, 0.5) is 25.0 Å². The number of carbonyl (C=O) groups excluding carboxylic acids is 1. The number of alkyl halides is 2. The van der Waals surface area contributed by atoms with E-state index >= 15 is 0 Å². The average Bonchev–Trinajstić information content (AvgIpc) is 2.64. The van der Waals surface area contributed by atoms with Crippen LogP contribution in [0, 0.1) is 5.41 Å². The Morgan fingerprint density at radius 1 is 1.15 bits per heavy atom. The standard InChI is InChI=1S/C18H25F2N3O3/c1-25-17(24)23-10-6-18(7-11-23)4-8-22(9-5-18)13-2-3-14(21)15(12-13)26-16(19)20/h2-3,12,16H,4-11,21H2,1H3. The molecule has 2 aliphatic rings. The normalized spacial score (nSPS) is 19.7. The number of ether oxygens (including phenoxy) is 2. The molecule has 1 aromatic rings. The number of anilines is 2. The number of nitrogen functional groups attached to an aromatic ring is 1. The van der Waals surface area contributed by atoms with E-state index in [1.54, 1.807) is 17.0 Å². The Kier molecular flexibility index (Phi) is 5.38. The molecule has 1 amide bonds. The fraction of sp³-hybridized carbons (Fsp3) is 0.611. The number of piperidine rings is 2. The highest BCUT2D eigenvalue weighted by Crippen LogP contribution is 2.42. The van der Waals surface area contributed by atoms with Crippen molar-refractivity contribution in [1.82, 2.24) is 4.90 Å². The molecule has 2 heterocycles. The zero-order chi connectivity index (χ0) is 18.7. The lowest BCUT2D eigenvalue weighted by molar-refractivity contribution is -0.0493. The van der Waals surface area contributed by atoms with E-state index in [9.17, 15) is 13.6 Å². The second-order valence-electron chi connectivity index (χ2n) is 7.04. The van der Waals surface area contributed by atoms with Crippen molar-refractivity contribution < 1.29 is 23.0 Å². The minimum atomic E-state index is -2.89. The number of benzene rings is 1. The topological polar surface area (TPSA) is 68.0 Å². The smallest absolute Gasteiger partial charge is 0.409 e. The van der Waals surface area contributed by atoms with Gasteiger partial charge in [-0.25, -0.2) is 4.79 Å². The molecule has 0 saturated carbocycles. The van der Waals surface area contributed by atoms with Crippen LogP contribution in [-0.4, -0.2) is 50.9 Å². The van der Waals surface area contributed by atoms with Crippen molar-refractivity contribution in [3.05, 3.63) is 18.2 Å². The number of likely N-dealkylation sites (tertiary alicyclic amines) is 1. The monoisotopic (exact) mass is 369 g/mol. The lowest BCUT2D eigenvalue weighted by Crippen LogP contribution is -2.48. The van der Waals surface area contributed by atoms with E-state index in [0.29, 0.717) is 0 Å². The molecular weight excluding hydrogens is 344 g/mol. The van der Waals surface area contributed by atoms with Crippen molar-refractivity contribution in [2.75, 3.05) is 43.9 Å². The number of hydrogen-bond acceptors (Lipinski definition) is 5. The van der Waals surface area contributed by atoms with Crippen molar-refractivity contribution in [3.8, 4) is 5.75 Å². The van der Waals surface area contributed by atoms with Crippen molar-refractivity contribution in [2.45, 2.75) is 32.3 Å². The highest BCUT2D eigenvalue weighted by molar-refractivity contribution is 5.67. The molecule has 1 spiro atoms. The Labute approximate surface area is 151 Å². The molecule has 2 fully saturated rings. The van der Waals surface area contributed by atoms with Gasteiger partial charge in [0.1, 0.15) is 0 Å². The van der Waals surface area contributed by atoms with Crippen LogP contribution in [0.2, 0.25) is 0 Å². The number of amides is 1. The molecular formula is C18H25F2N3O3. The maximum Gasteiger partial charge on any atom is 0.409 e. The van der Waals surface area contributed by atoms with E-state index in [4.69, 9.17) is 10.5 Å². The summed E-state index contributed by atoms with van der Waals surface area (Å²) in [5.74, 6) is 0.0178. The predicted octanol–water partition coefficient (Wildman–Crippen LogP) is 3.32. The van der Waals surface area contributed by atoms with E-state index in [1.165, 1.54) is 7.11 Å². The van der Waals surface area contributed by atoms with Crippen LogP contribution in [0.15, 0.2) is 18.2 Å². The second-order valence-corrected chi connectivity index (χ2v) is 7.04. The van der Waals surface area contributed by atoms with Crippen LogP contribution >= 0.6 is 0 Å². The number of halogens is 2. The van der Waals surface area contributed by atoms with Gasteiger partial charge in [-0.1, -0.05) is 0 Å². The van der Waals surface area contributed by atoms with Gasteiger partial charge in [-0.3, -0.25) is 0 Å². The van der Waals surface area contributed by atoms with Crippen LogP contribution in [0.25, 0.3) is 0 Å². The predicted molar refractivity (Wildman–Crippen MR) is 94.6 cm³/mol. The Bertz CT molecular complexity index is 639. The Morgan fingerprint density at radius 2 is 1.77 bits per heavy atom. The molecule has 0 atom stereocenters. The van der Waals surface area contributed by atoms with Crippen molar-refractivity contribution in [1.29, 1.82) is 0 Å². The molecule has 26 heavy (non-hydrogen) atoms. The van der Waals surface area contributed by atoms with Gasteiger partial charge >= 0.3 is 12.7 Å². The quantitative estimate of drug-likeness (QED) is 0.828. The largest absolute Gasteiger partial charge is 0.453 e. The molecule has 0 aromatic heterocycles. The molecule has 0 aliphatic carbocycles. The lowest BCUT2D eigenvalue weighted by Gasteiger charge is -2.47. The summed E-state index contributed by atoms with van der Waals surface area (Å²) in [6, 6.07) is 5.02.